The monoisotopic (exact) mass is 467 g/mol. The minimum atomic E-state index is -4.80. The van der Waals surface area contributed by atoms with Crippen molar-refractivity contribution in [1.82, 2.24) is 14.9 Å². The topological polar surface area (TPSA) is 65.4 Å². The van der Waals surface area contributed by atoms with Gasteiger partial charge in [-0.2, -0.15) is 0 Å². The average Bonchev–Trinajstić information content (AvgIpc) is 3.19. The van der Waals surface area contributed by atoms with Gasteiger partial charge in [0.15, 0.2) is 0 Å². The number of amides is 1. The maximum Gasteiger partial charge on any atom is 0.573 e. The number of aromatic nitrogens is 2. The Balaban J connectivity index is 1.56. The van der Waals surface area contributed by atoms with Crippen LogP contribution in [-0.4, -0.2) is 28.4 Å². The normalized spacial score (nSPS) is 17.6. The minimum absolute atomic E-state index is 0.289. The van der Waals surface area contributed by atoms with Crippen molar-refractivity contribution in [2.75, 3.05) is 6.61 Å². The summed E-state index contributed by atoms with van der Waals surface area (Å²) in [6.45, 7) is 0.289. The summed E-state index contributed by atoms with van der Waals surface area (Å²) in [5, 5.41) is 4.03. The van der Waals surface area contributed by atoms with Crippen LogP contribution in [0.5, 0.6) is 11.5 Å². The van der Waals surface area contributed by atoms with Crippen LogP contribution in [0.2, 0.25) is 0 Å². The molecule has 0 spiro atoms. The third-order valence-corrected chi connectivity index (χ3v) is 5.96. The van der Waals surface area contributed by atoms with Crippen molar-refractivity contribution < 1.29 is 27.4 Å². The number of hydrogen-bond donors (Lipinski definition) is 1. The number of nitrogens with one attached hydrogen (secondary N) is 1. The van der Waals surface area contributed by atoms with Gasteiger partial charge >= 0.3 is 6.36 Å². The van der Waals surface area contributed by atoms with Gasteiger partial charge in [0.25, 0.3) is 5.91 Å². The number of carbonyl (C=O) groups excluding carboxylic acids is 1. The second-order valence-electron chi connectivity index (χ2n) is 8.08. The molecule has 4 aromatic rings. The van der Waals surface area contributed by atoms with Crippen LogP contribution in [0.3, 0.4) is 0 Å². The number of benzene rings is 2. The van der Waals surface area contributed by atoms with E-state index in [9.17, 15) is 18.0 Å². The summed E-state index contributed by atoms with van der Waals surface area (Å²) in [6.07, 6.45) is -0.950. The number of nitrogens with zero attached hydrogens (tertiary/aromatic N) is 2. The first-order chi connectivity index (χ1) is 16.2. The number of fused-ring (bicyclic) bond motifs is 2. The lowest BCUT2D eigenvalue weighted by Gasteiger charge is -2.39. The standard InChI is InChI=1S/C25H20F3N3O3/c1-31-13-10-16-15-17(4-9-20(16)31)23(32)30-24(11-14-33-21-3-2-12-29-22(21)24)18-5-7-19(8-6-18)34-25(26,27)28/h2-10,12-13,15H,11,14H2,1H3,(H,30,32). The summed E-state index contributed by atoms with van der Waals surface area (Å²) in [5.74, 6) is -0.177. The lowest BCUT2D eigenvalue weighted by molar-refractivity contribution is -0.274. The Hall–Kier alpha value is -4.01. The molecule has 1 amide bonds. The molecule has 174 valence electrons. The molecule has 9 heteroatoms. The van der Waals surface area contributed by atoms with Gasteiger partial charge in [-0.3, -0.25) is 9.78 Å². The van der Waals surface area contributed by atoms with Crippen LogP contribution in [0, 0.1) is 0 Å². The van der Waals surface area contributed by atoms with Crippen molar-refractivity contribution in [3.8, 4) is 11.5 Å². The molecule has 2 aromatic heterocycles. The Bertz CT molecular complexity index is 1370. The van der Waals surface area contributed by atoms with E-state index in [4.69, 9.17) is 4.74 Å². The fourth-order valence-corrected chi connectivity index (χ4v) is 4.36. The molecule has 0 saturated carbocycles. The average molecular weight is 467 g/mol. The summed E-state index contributed by atoms with van der Waals surface area (Å²) in [5.41, 5.74) is 1.40. The first-order valence-corrected chi connectivity index (χ1v) is 10.6. The first kappa shape index (κ1) is 21.8. The number of pyridine rings is 1. The number of carbonyl (C=O) groups is 1. The molecule has 1 aliphatic rings. The zero-order chi connectivity index (χ0) is 23.9. The molecule has 0 radical (unpaired) electrons. The van der Waals surface area contributed by atoms with E-state index in [1.807, 2.05) is 29.9 Å². The van der Waals surface area contributed by atoms with Gasteiger partial charge in [0, 0.05) is 42.3 Å². The molecule has 1 atom stereocenters. The smallest absolute Gasteiger partial charge is 0.491 e. The maximum absolute atomic E-state index is 13.4. The highest BCUT2D eigenvalue weighted by molar-refractivity contribution is 5.99. The van der Waals surface area contributed by atoms with Crippen molar-refractivity contribution in [2.45, 2.75) is 18.3 Å². The molecule has 5 rings (SSSR count). The van der Waals surface area contributed by atoms with E-state index in [0.29, 0.717) is 29.0 Å². The maximum atomic E-state index is 13.4. The Morgan fingerprint density at radius 2 is 1.94 bits per heavy atom. The summed E-state index contributed by atoms with van der Waals surface area (Å²) in [4.78, 5) is 17.9. The molecule has 6 nitrogen and oxygen atoms in total. The van der Waals surface area contributed by atoms with Crippen LogP contribution >= 0.6 is 0 Å². The zero-order valence-electron chi connectivity index (χ0n) is 18.1. The Morgan fingerprint density at radius 1 is 1.15 bits per heavy atom. The Morgan fingerprint density at radius 3 is 2.71 bits per heavy atom. The molecule has 1 aliphatic heterocycles. The molecule has 2 aromatic carbocycles. The van der Waals surface area contributed by atoms with Crippen LogP contribution < -0.4 is 14.8 Å². The van der Waals surface area contributed by atoms with Gasteiger partial charge in [0.2, 0.25) is 0 Å². The van der Waals surface area contributed by atoms with Crippen molar-refractivity contribution in [2.24, 2.45) is 7.05 Å². The fraction of sp³-hybridized carbons (Fsp3) is 0.200. The molecule has 1 unspecified atom stereocenters. The van der Waals surface area contributed by atoms with Gasteiger partial charge in [-0.1, -0.05) is 12.1 Å². The number of halogens is 3. The summed E-state index contributed by atoms with van der Waals surface area (Å²) < 4.78 is 49.6. The van der Waals surface area contributed by atoms with E-state index >= 15 is 0 Å². The molecule has 0 saturated heterocycles. The number of aryl methyl sites for hydroxylation is 1. The molecular formula is C25H20F3N3O3. The highest BCUT2D eigenvalue weighted by Gasteiger charge is 2.42. The number of hydrogen-bond acceptors (Lipinski definition) is 4. The van der Waals surface area contributed by atoms with Crippen molar-refractivity contribution >= 4 is 16.8 Å². The summed E-state index contributed by atoms with van der Waals surface area (Å²) in [7, 11) is 1.92. The molecule has 34 heavy (non-hydrogen) atoms. The fourth-order valence-electron chi connectivity index (χ4n) is 4.36. The largest absolute Gasteiger partial charge is 0.573 e. The van der Waals surface area contributed by atoms with Gasteiger partial charge in [0.05, 0.1) is 6.61 Å². The van der Waals surface area contributed by atoms with E-state index < -0.39 is 11.9 Å². The van der Waals surface area contributed by atoms with Crippen LogP contribution in [0.4, 0.5) is 13.2 Å². The van der Waals surface area contributed by atoms with Crippen molar-refractivity contribution in [3.05, 3.63) is 89.9 Å². The van der Waals surface area contributed by atoms with Gasteiger partial charge in [-0.15, -0.1) is 13.2 Å². The van der Waals surface area contributed by atoms with E-state index in [0.717, 1.165) is 10.9 Å². The summed E-state index contributed by atoms with van der Waals surface area (Å²) >= 11 is 0. The molecule has 3 heterocycles. The molecule has 0 bridgehead atoms. The number of alkyl halides is 3. The second-order valence-corrected chi connectivity index (χ2v) is 8.08. The van der Waals surface area contributed by atoms with E-state index in [2.05, 4.69) is 15.0 Å². The van der Waals surface area contributed by atoms with Gasteiger partial charge in [-0.05, 0) is 54.1 Å². The highest BCUT2D eigenvalue weighted by Crippen LogP contribution is 2.41. The van der Waals surface area contributed by atoms with Gasteiger partial charge in [-0.25, -0.2) is 0 Å². The van der Waals surface area contributed by atoms with Crippen LogP contribution in [0.1, 0.15) is 28.0 Å². The SMILES string of the molecule is Cn1ccc2cc(C(=O)NC3(c4ccc(OC(F)(F)F)cc4)CCOc4cccnc43)ccc21. The minimum Gasteiger partial charge on any atom is -0.491 e. The third-order valence-electron chi connectivity index (χ3n) is 5.96. The molecule has 1 N–H and O–H groups in total. The Labute approximate surface area is 192 Å². The number of ether oxygens (including phenoxy) is 2. The molecule has 0 fully saturated rings. The number of rotatable bonds is 4. The van der Waals surface area contributed by atoms with Crippen molar-refractivity contribution in [3.63, 3.8) is 0 Å². The highest BCUT2D eigenvalue weighted by atomic mass is 19.4. The molecule has 0 aliphatic carbocycles. The van der Waals surface area contributed by atoms with Crippen LogP contribution in [0.15, 0.2) is 73.1 Å². The predicted octanol–water partition coefficient (Wildman–Crippen LogP) is 4.93. The molecular weight excluding hydrogens is 447 g/mol. The van der Waals surface area contributed by atoms with Crippen molar-refractivity contribution in [1.29, 1.82) is 0 Å². The van der Waals surface area contributed by atoms with E-state index in [1.165, 1.54) is 24.3 Å². The lowest BCUT2D eigenvalue weighted by atomic mass is 9.81. The summed E-state index contributed by atoms with van der Waals surface area (Å²) in [6, 6.07) is 16.3. The van der Waals surface area contributed by atoms with Crippen LogP contribution in [-0.2, 0) is 12.6 Å². The third kappa shape index (κ3) is 3.93. The lowest BCUT2D eigenvalue weighted by Crippen LogP contribution is -2.50. The van der Waals surface area contributed by atoms with Gasteiger partial charge in [0.1, 0.15) is 22.7 Å². The second kappa shape index (κ2) is 8.09. The quantitative estimate of drug-likeness (QED) is 0.462. The zero-order valence-corrected chi connectivity index (χ0v) is 18.1. The van der Waals surface area contributed by atoms with Crippen LogP contribution in [0.25, 0.3) is 10.9 Å². The van der Waals surface area contributed by atoms with E-state index in [1.54, 1.807) is 30.5 Å². The predicted molar refractivity (Wildman–Crippen MR) is 119 cm³/mol. The van der Waals surface area contributed by atoms with E-state index in [-0.39, 0.29) is 18.3 Å². The van der Waals surface area contributed by atoms with Gasteiger partial charge < -0.3 is 19.4 Å². The first-order valence-electron chi connectivity index (χ1n) is 10.6. The Kier molecular flexibility index (Phi) is 5.19.